The number of likely N-dealkylation sites (N-methyl/N-ethyl adjacent to an activating group) is 1. The zero-order valence-electron chi connectivity index (χ0n) is 9.03. The predicted octanol–water partition coefficient (Wildman–Crippen LogP) is -0.531. The van der Waals surface area contributed by atoms with E-state index in [-0.39, 0.29) is 19.1 Å². The predicted molar refractivity (Wildman–Crippen MR) is 54.0 cm³/mol. The summed E-state index contributed by atoms with van der Waals surface area (Å²) in [6.45, 7) is 2.04. The van der Waals surface area contributed by atoms with Crippen LogP contribution in [0.4, 0.5) is 0 Å². The second kappa shape index (κ2) is 5.45. The topological polar surface area (TPSA) is 80.0 Å². The average Bonchev–Trinajstić information content (AvgIpc) is 2.61. The van der Waals surface area contributed by atoms with Crippen molar-refractivity contribution in [3.05, 3.63) is 11.4 Å². The largest absolute Gasteiger partial charge is 0.390 e. The van der Waals surface area contributed by atoms with Gasteiger partial charge in [0.25, 0.3) is 0 Å². The molecule has 0 aliphatic rings. The summed E-state index contributed by atoms with van der Waals surface area (Å²) in [6, 6.07) is 0. The van der Waals surface area contributed by atoms with Crippen molar-refractivity contribution in [2.75, 3.05) is 7.05 Å². The Kier molecular flexibility index (Phi) is 4.23. The van der Waals surface area contributed by atoms with Gasteiger partial charge in [-0.3, -0.25) is 4.79 Å². The lowest BCUT2D eigenvalue weighted by Crippen LogP contribution is -2.25. The van der Waals surface area contributed by atoms with Crippen LogP contribution in [0.5, 0.6) is 0 Å². The summed E-state index contributed by atoms with van der Waals surface area (Å²) >= 11 is 0. The molecule has 0 unspecified atom stereocenters. The van der Waals surface area contributed by atoms with Crippen LogP contribution in [0.3, 0.4) is 0 Å². The van der Waals surface area contributed by atoms with Gasteiger partial charge >= 0.3 is 0 Å². The van der Waals surface area contributed by atoms with Crippen molar-refractivity contribution in [2.24, 2.45) is 0 Å². The van der Waals surface area contributed by atoms with E-state index in [0.29, 0.717) is 5.69 Å². The van der Waals surface area contributed by atoms with Gasteiger partial charge in [0.05, 0.1) is 12.3 Å². The van der Waals surface area contributed by atoms with Crippen LogP contribution >= 0.6 is 0 Å². The van der Waals surface area contributed by atoms with E-state index in [0.717, 1.165) is 18.5 Å². The molecule has 0 spiro atoms. The monoisotopic (exact) mass is 212 g/mol. The molecule has 0 radical (unpaired) electrons. The standard InChI is InChI=1S/C9H16N4O2/c1-3-4-8-7(6-14)11-12-13(8)5-9(15)10-2/h14H,3-6H2,1-2H3,(H,10,15). The third-order valence-electron chi connectivity index (χ3n) is 2.13. The quantitative estimate of drug-likeness (QED) is 0.687. The Morgan fingerprint density at radius 3 is 2.87 bits per heavy atom. The second-order valence-electron chi connectivity index (χ2n) is 3.22. The van der Waals surface area contributed by atoms with Gasteiger partial charge in [0.1, 0.15) is 12.2 Å². The Balaban J connectivity index is 2.86. The molecule has 0 fully saturated rings. The summed E-state index contributed by atoms with van der Waals surface area (Å²) < 4.78 is 1.54. The van der Waals surface area contributed by atoms with Crippen LogP contribution in [-0.2, 0) is 24.4 Å². The van der Waals surface area contributed by atoms with Crippen LogP contribution in [0.1, 0.15) is 24.7 Å². The van der Waals surface area contributed by atoms with Crippen molar-refractivity contribution < 1.29 is 9.90 Å². The number of hydrogen-bond acceptors (Lipinski definition) is 4. The Morgan fingerprint density at radius 2 is 2.33 bits per heavy atom. The molecule has 84 valence electrons. The molecular weight excluding hydrogens is 196 g/mol. The molecule has 0 aliphatic heterocycles. The van der Waals surface area contributed by atoms with Gasteiger partial charge in [-0.1, -0.05) is 18.6 Å². The van der Waals surface area contributed by atoms with Crippen LogP contribution < -0.4 is 5.32 Å². The Morgan fingerprint density at radius 1 is 1.60 bits per heavy atom. The third-order valence-corrected chi connectivity index (χ3v) is 2.13. The van der Waals surface area contributed by atoms with Crippen molar-refractivity contribution >= 4 is 5.91 Å². The van der Waals surface area contributed by atoms with Crippen LogP contribution in [-0.4, -0.2) is 33.1 Å². The van der Waals surface area contributed by atoms with E-state index in [1.54, 1.807) is 7.05 Å². The van der Waals surface area contributed by atoms with Crippen molar-refractivity contribution in [1.82, 2.24) is 20.3 Å². The Hall–Kier alpha value is -1.43. The van der Waals surface area contributed by atoms with Gasteiger partial charge in [-0.15, -0.1) is 5.10 Å². The number of aliphatic hydroxyl groups is 1. The van der Waals surface area contributed by atoms with Crippen LogP contribution in [0, 0.1) is 0 Å². The van der Waals surface area contributed by atoms with Gasteiger partial charge in [0.15, 0.2) is 0 Å². The lowest BCUT2D eigenvalue weighted by Gasteiger charge is -2.05. The smallest absolute Gasteiger partial charge is 0.241 e. The molecule has 2 N–H and O–H groups in total. The number of carbonyl (C=O) groups is 1. The van der Waals surface area contributed by atoms with Crippen LogP contribution in [0.2, 0.25) is 0 Å². The fourth-order valence-corrected chi connectivity index (χ4v) is 1.34. The molecular formula is C9H16N4O2. The second-order valence-corrected chi connectivity index (χ2v) is 3.22. The van der Waals surface area contributed by atoms with Crippen molar-refractivity contribution in [2.45, 2.75) is 32.9 Å². The Labute approximate surface area is 88.3 Å². The molecule has 1 amide bonds. The lowest BCUT2D eigenvalue weighted by molar-refractivity contribution is -0.121. The van der Waals surface area contributed by atoms with Gasteiger partial charge in [0, 0.05) is 7.05 Å². The summed E-state index contributed by atoms with van der Waals surface area (Å²) in [6.07, 6.45) is 1.69. The highest BCUT2D eigenvalue weighted by atomic mass is 16.3. The van der Waals surface area contributed by atoms with Crippen LogP contribution in [0.15, 0.2) is 0 Å². The van der Waals surface area contributed by atoms with Gasteiger partial charge in [0.2, 0.25) is 5.91 Å². The van der Waals surface area contributed by atoms with Crippen molar-refractivity contribution in [3.63, 3.8) is 0 Å². The van der Waals surface area contributed by atoms with Gasteiger partial charge in [-0.25, -0.2) is 4.68 Å². The van der Waals surface area contributed by atoms with Gasteiger partial charge in [-0.2, -0.15) is 0 Å². The number of amides is 1. The first-order valence-electron chi connectivity index (χ1n) is 4.95. The van der Waals surface area contributed by atoms with E-state index in [1.807, 2.05) is 6.92 Å². The van der Waals surface area contributed by atoms with Crippen molar-refractivity contribution in [3.8, 4) is 0 Å². The molecule has 0 saturated heterocycles. The summed E-state index contributed by atoms with van der Waals surface area (Å²) in [5.74, 6) is -0.123. The molecule has 6 nitrogen and oxygen atoms in total. The Bertz CT molecular complexity index is 335. The van der Waals surface area contributed by atoms with E-state index < -0.39 is 0 Å². The van der Waals surface area contributed by atoms with Gasteiger partial charge < -0.3 is 10.4 Å². The molecule has 0 bridgehead atoms. The molecule has 6 heteroatoms. The first-order valence-corrected chi connectivity index (χ1v) is 4.95. The SMILES string of the molecule is CCCc1c(CO)nnn1CC(=O)NC. The third kappa shape index (κ3) is 2.76. The van der Waals surface area contributed by atoms with Crippen LogP contribution in [0.25, 0.3) is 0 Å². The average molecular weight is 212 g/mol. The molecule has 0 atom stereocenters. The molecule has 1 aromatic rings. The fourth-order valence-electron chi connectivity index (χ4n) is 1.34. The highest BCUT2D eigenvalue weighted by Gasteiger charge is 2.12. The summed E-state index contributed by atoms with van der Waals surface area (Å²) in [7, 11) is 1.58. The van der Waals surface area contributed by atoms with Crippen molar-refractivity contribution in [1.29, 1.82) is 0 Å². The number of hydrogen-bond donors (Lipinski definition) is 2. The highest BCUT2D eigenvalue weighted by molar-refractivity contribution is 5.75. The molecule has 0 aliphatic carbocycles. The molecule has 1 heterocycles. The van der Waals surface area contributed by atoms with E-state index in [2.05, 4.69) is 15.6 Å². The number of aliphatic hydroxyl groups excluding tert-OH is 1. The maximum Gasteiger partial charge on any atom is 0.241 e. The summed E-state index contributed by atoms with van der Waals surface area (Å²) in [5, 5.41) is 19.2. The number of rotatable bonds is 5. The van der Waals surface area contributed by atoms with E-state index >= 15 is 0 Å². The first-order chi connectivity index (χ1) is 7.22. The van der Waals surface area contributed by atoms with E-state index in [1.165, 1.54) is 4.68 Å². The molecule has 0 saturated carbocycles. The number of carbonyl (C=O) groups excluding carboxylic acids is 1. The lowest BCUT2D eigenvalue weighted by atomic mass is 10.2. The number of nitrogens with one attached hydrogen (secondary N) is 1. The first kappa shape index (κ1) is 11.6. The van der Waals surface area contributed by atoms with E-state index in [9.17, 15) is 4.79 Å². The highest BCUT2D eigenvalue weighted by Crippen LogP contribution is 2.08. The number of nitrogens with zero attached hydrogens (tertiary/aromatic N) is 3. The minimum absolute atomic E-state index is 0.123. The number of aromatic nitrogens is 3. The van der Waals surface area contributed by atoms with E-state index in [4.69, 9.17) is 5.11 Å². The zero-order chi connectivity index (χ0) is 11.3. The molecule has 15 heavy (non-hydrogen) atoms. The minimum Gasteiger partial charge on any atom is -0.390 e. The van der Waals surface area contributed by atoms with Gasteiger partial charge in [-0.05, 0) is 6.42 Å². The maximum atomic E-state index is 11.2. The minimum atomic E-state index is -0.136. The fraction of sp³-hybridized carbons (Fsp3) is 0.667. The maximum absolute atomic E-state index is 11.2. The summed E-state index contributed by atoms with van der Waals surface area (Å²) in [4.78, 5) is 11.2. The normalized spacial score (nSPS) is 10.3. The molecule has 1 rings (SSSR count). The molecule has 1 aromatic heterocycles. The molecule has 0 aromatic carbocycles. The zero-order valence-corrected chi connectivity index (χ0v) is 9.03. The summed E-state index contributed by atoms with van der Waals surface area (Å²) in [5.41, 5.74) is 1.39.